The van der Waals surface area contributed by atoms with Gasteiger partial charge in [-0.2, -0.15) is 4.31 Å². The van der Waals surface area contributed by atoms with Crippen LogP contribution in [0.3, 0.4) is 0 Å². The first-order valence-corrected chi connectivity index (χ1v) is 7.05. The fourth-order valence-electron chi connectivity index (χ4n) is 1.67. The minimum absolute atomic E-state index is 0.00629. The van der Waals surface area contributed by atoms with E-state index in [9.17, 15) is 13.2 Å². The van der Waals surface area contributed by atoms with E-state index in [0.717, 1.165) is 0 Å². The van der Waals surface area contributed by atoms with E-state index in [1.165, 1.54) is 4.31 Å². The average molecular weight is 265 g/mol. The van der Waals surface area contributed by atoms with Gasteiger partial charge in [0.15, 0.2) is 6.10 Å². The Labute approximate surface area is 102 Å². The lowest BCUT2D eigenvalue weighted by atomic mass is 10.0. The molecule has 1 heterocycles. The van der Waals surface area contributed by atoms with Crippen LogP contribution < -0.4 is 0 Å². The topological polar surface area (TPSA) is 83.9 Å². The van der Waals surface area contributed by atoms with E-state index in [1.54, 1.807) is 0 Å². The molecule has 1 N–H and O–H groups in total. The zero-order valence-electron chi connectivity index (χ0n) is 10.3. The largest absolute Gasteiger partial charge is 0.479 e. The van der Waals surface area contributed by atoms with Crippen LogP contribution in [0.15, 0.2) is 0 Å². The Morgan fingerprint density at radius 3 is 2.53 bits per heavy atom. The minimum atomic E-state index is -3.42. The third-order valence-electron chi connectivity index (χ3n) is 2.31. The number of hydrogen-bond acceptors (Lipinski definition) is 4. The van der Waals surface area contributed by atoms with Gasteiger partial charge in [0.05, 0.1) is 18.9 Å². The van der Waals surface area contributed by atoms with Crippen molar-refractivity contribution >= 4 is 16.0 Å². The normalized spacial score (nSPS) is 23.6. The van der Waals surface area contributed by atoms with Gasteiger partial charge in [0, 0.05) is 6.54 Å². The maximum Gasteiger partial charge on any atom is 0.334 e. The predicted molar refractivity (Wildman–Crippen MR) is 62.2 cm³/mol. The van der Waals surface area contributed by atoms with Gasteiger partial charge >= 0.3 is 5.97 Å². The second-order valence-electron chi connectivity index (χ2n) is 5.37. The van der Waals surface area contributed by atoms with Gasteiger partial charge in [-0.3, -0.25) is 0 Å². The summed E-state index contributed by atoms with van der Waals surface area (Å²) in [5.41, 5.74) is -0.351. The monoisotopic (exact) mass is 265 g/mol. The maximum atomic E-state index is 12.0. The van der Waals surface area contributed by atoms with E-state index in [0.29, 0.717) is 0 Å². The number of sulfonamides is 1. The molecule has 7 heteroatoms. The van der Waals surface area contributed by atoms with Gasteiger partial charge in [0.2, 0.25) is 10.0 Å². The molecule has 1 rings (SSSR count). The molecule has 1 atom stereocenters. The second-order valence-corrected chi connectivity index (χ2v) is 7.34. The summed E-state index contributed by atoms with van der Waals surface area (Å²) in [5, 5.41) is 8.81. The quantitative estimate of drug-likeness (QED) is 0.785. The second kappa shape index (κ2) is 4.91. The van der Waals surface area contributed by atoms with Crippen LogP contribution in [-0.4, -0.2) is 55.4 Å². The summed E-state index contributed by atoms with van der Waals surface area (Å²) in [6.45, 7) is 5.75. The van der Waals surface area contributed by atoms with Gasteiger partial charge in [0.1, 0.15) is 0 Å². The minimum Gasteiger partial charge on any atom is -0.479 e. The summed E-state index contributed by atoms with van der Waals surface area (Å²) in [7, 11) is -3.42. The lowest BCUT2D eigenvalue weighted by Crippen LogP contribution is -2.50. The summed E-state index contributed by atoms with van der Waals surface area (Å²) < 4.78 is 30.3. The highest BCUT2D eigenvalue weighted by atomic mass is 32.2. The molecule has 1 saturated heterocycles. The van der Waals surface area contributed by atoms with Crippen molar-refractivity contribution < 1.29 is 23.1 Å². The van der Waals surface area contributed by atoms with Crippen molar-refractivity contribution in [2.75, 3.05) is 25.4 Å². The standard InChI is InChI=1S/C10H19NO5S/c1-10(2,3)7-17(14,15)11-4-5-16-8(6-11)9(12)13/h8H,4-7H2,1-3H3,(H,12,13). The summed E-state index contributed by atoms with van der Waals surface area (Å²) >= 11 is 0. The SMILES string of the molecule is CC(C)(C)CS(=O)(=O)N1CCOC(C(=O)O)C1. The van der Waals surface area contributed by atoms with Crippen LogP contribution in [0.5, 0.6) is 0 Å². The molecule has 0 aromatic rings. The molecule has 0 aliphatic carbocycles. The van der Waals surface area contributed by atoms with Gasteiger partial charge < -0.3 is 9.84 Å². The van der Waals surface area contributed by atoms with Crippen molar-refractivity contribution in [3.8, 4) is 0 Å². The van der Waals surface area contributed by atoms with Gasteiger partial charge in [0.25, 0.3) is 0 Å². The smallest absolute Gasteiger partial charge is 0.334 e. The number of aliphatic carboxylic acids is 1. The lowest BCUT2D eigenvalue weighted by molar-refractivity contribution is -0.153. The van der Waals surface area contributed by atoms with Crippen LogP contribution in [0, 0.1) is 5.41 Å². The summed E-state index contributed by atoms with van der Waals surface area (Å²) in [4.78, 5) is 10.8. The number of hydrogen-bond donors (Lipinski definition) is 1. The Balaban J connectivity index is 2.75. The van der Waals surface area contributed by atoms with E-state index < -0.39 is 22.1 Å². The molecular formula is C10H19NO5S. The Morgan fingerprint density at radius 2 is 2.06 bits per heavy atom. The number of rotatable bonds is 3. The molecule has 0 bridgehead atoms. The van der Waals surface area contributed by atoms with Crippen molar-refractivity contribution in [2.24, 2.45) is 5.41 Å². The fourth-order valence-corrected chi connectivity index (χ4v) is 3.66. The highest BCUT2D eigenvalue weighted by molar-refractivity contribution is 7.89. The Kier molecular flexibility index (Phi) is 4.16. The Morgan fingerprint density at radius 1 is 1.47 bits per heavy atom. The van der Waals surface area contributed by atoms with Crippen LogP contribution in [0.4, 0.5) is 0 Å². The molecule has 0 aromatic heterocycles. The van der Waals surface area contributed by atoms with E-state index in [4.69, 9.17) is 9.84 Å². The summed E-state index contributed by atoms with van der Waals surface area (Å²) in [6.07, 6.45) is -1.06. The molecule has 0 spiro atoms. The highest BCUT2D eigenvalue weighted by Crippen LogP contribution is 2.20. The molecule has 6 nitrogen and oxygen atoms in total. The number of carboxylic acid groups (broad SMARTS) is 1. The molecule has 1 aliphatic rings. The van der Waals surface area contributed by atoms with E-state index in [1.807, 2.05) is 20.8 Å². The van der Waals surface area contributed by atoms with Gasteiger partial charge in [-0.05, 0) is 5.41 Å². The van der Waals surface area contributed by atoms with Crippen molar-refractivity contribution in [2.45, 2.75) is 26.9 Å². The van der Waals surface area contributed by atoms with Crippen molar-refractivity contribution in [3.05, 3.63) is 0 Å². The van der Waals surface area contributed by atoms with Gasteiger partial charge in [-0.1, -0.05) is 20.8 Å². The van der Waals surface area contributed by atoms with Crippen LogP contribution in [0.25, 0.3) is 0 Å². The zero-order chi connectivity index (χ0) is 13.3. The van der Waals surface area contributed by atoms with Crippen LogP contribution >= 0.6 is 0 Å². The van der Waals surface area contributed by atoms with Gasteiger partial charge in [-0.25, -0.2) is 13.2 Å². The van der Waals surface area contributed by atoms with Gasteiger partial charge in [-0.15, -0.1) is 0 Å². The Bertz CT molecular complexity index is 384. The van der Waals surface area contributed by atoms with Crippen molar-refractivity contribution in [1.82, 2.24) is 4.31 Å². The molecular weight excluding hydrogens is 246 g/mol. The molecule has 17 heavy (non-hydrogen) atoms. The molecule has 0 radical (unpaired) electrons. The van der Waals surface area contributed by atoms with Crippen LogP contribution in [0.1, 0.15) is 20.8 Å². The van der Waals surface area contributed by atoms with Crippen molar-refractivity contribution in [1.29, 1.82) is 0 Å². The van der Waals surface area contributed by atoms with E-state index in [2.05, 4.69) is 0 Å². The number of carbonyl (C=O) groups is 1. The molecule has 0 aromatic carbocycles. The molecule has 0 saturated carbocycles. The fraction of sp³-hybridized carbons (Fsp3) is 0.900. The first-order chi connectivity index (χ1) is 7.62. The van der Waals surface area contributed by atoms with Crippen LogP contribution in [0.2, 0.25) is 0 Å². The number of nitrogens with zero attached hydrogens (tertiary/aromatic N) is 1. The number of carboxylic acids is 1. The molecule has 1 unspecified atom stereocenters. The first-order valence-electron chi connectivity index (χ1n) is 5.44. The molecule has 100 valence electrons. The zero-order valence-corrected chi connectivity index (χ0v) is 11.2. The molecule has 1 aliphatic heterocycles. The summed E-state index contributed by atoms with van der Waals surface area (Å²) in [6, 6.07) is 0. The van der Waals surface area contributed by atoms with Crippen LogP contribution in [-0.2, 0) is 19.6 Å². The summed E-state index contributed by atoms with van der Waals surface area (Å²) in [5.74, 6) is -1.12. The third-order valence-corrected chi connectivity index (χ3v) is 4.66. The maximum absolute atomic E-state index is 12.0. The van der Waals surface area contributed by atoms with E-state index in [-0.39, 0.29) is 30.9 Å². The first kappa shape index (κ1) is 14.4. The third kappa shape index (κ3) is 4.25. The number of ether oxygens (including phenoxy) is 1. The molecule has 1 fully saturated rings. The lowest BCUT2D eigenvalue weighted by Gasteiger charge is -2.32. The highest BCUT2D eigenvalue weighted by Gasteiger charge is 2.34. The number of morpholine rings is 1. The Hall–Kier alpha value is -0.660. The predicted octanol–water partition coefficient (Wildman–Crippen LogP) is 0.148. The average Bonchev–Trinajstić information content (AvgIpc) is 2.14. The van der Waals surface area contributed by atoms with Crippen molar-refractivity contribution in [3.63, 3.8) is 0 Å². The van der Waals surface area contributed by atoms with E-state index >= 15 is 0 Å². The molecule has 0 amide bonds.